The van der Waals surface area contributed by atoms with Crippen molar-refractivity contribution in [1.29, 1.82) is 0 Å². The Bertz CT molecular complexity index is 3780. The minimum absolute atomic E-state index is 0.0182. The highest BCUT2D eigenvalue weighted by molar-refractivity contribution is 7.98. The first kappa shape index (κ1) is 79.5. The summed E-state index contributed by atoms with van der Waals surface area (Å²) < 4.78 is 15.1. The molecule has 0 radical (unpaired) electrons. The molecule has 17 N–H and O–H groups in total. The molecule has 5 aromatic rings. The molecule has 2 saturated heterocycles. The number of aliphatic carboxylic acids is 1. The highest BCUT2D eigenvalue weighted by Gasteiger charge is 2.46. The van der Waals surface area contributed by atoms with Crippen LogP contribution in [0.25, 0.3) is 10.9 Å². The Labute approximate surface area is 614 Å². The van der Waals surface area contributed by atoms with Crippen molar-refractivity contribution in [3.8, 4) is 5.75 Å². The molecule has 29 heteroatoms. The van der Waals surface area contributed by atoms with Gasteiger partial charge in [0.25, 0.3) is 0 Å². The molecular weight excluding hydrogens is 1370 g/mol. The van der Waals surface area contributed by atoms with Crippen molar-refractivity contribution in [2.75, 3.05) is 44.4 Å². The van der Waals surface area contributed by atoms with Crippen LogP contribution in [-0.4, -0.2) is 177 Å². The summed E-state index contributed by atoms with van der Waals surface area (Å²) >= 11 is 3.16. The van der Waals surface area contributed by atoms with E-state index in [-0.39, 0.29) is 68.7 Å². The van der Waals surface area contributed by atoms with E-state index in [4.69, 9.17) is 11.5 Å². The number of carboxylic acids is 1. The molecule has 9 rings (SSSR count). The molecule has 1 saturated carbocycles. The maximum absolute atomic E-state index is 15.7. The van der Waals surface area contributed by atoms with Crippen LogP contribution in [0.3, 0.4) is 0 Å². The standard InChI is InChI=1S/C75H101FN14O12S2/c1-46-67(95)85-59(35-50-15-7-8-16-51(50)40-78)69(97)86-60(36-52-41-81-57-26-23-54(76)37-56(52)57)70(98)87-61(38-66(93)94)71(99)89-63(39-75(44-79-45-82-75)53-17-5-3-2-4-6-18-53)72(100)88-62(34-47-21-24-55(91)25-22-47)74(102)90-30-12-20-64(90)73(101)80-29-32-104-43-49-14-11-13-48(33-49)42-103-31-27-65(92)84-58(68(96)83-46)19-9-10-28-77/h7-8,11,13-16,21-26,33,37,41,46,53,58-64,79,81-82,91H,2-6,9-10,12,17-20,27-32,34-36,38-40,42-45,77-78H2,1H3,(H,80,101)(H,83,96)(H,84,92)(H,85,95)(H,86,97)(H,87,98)(H,88,100)(H,89,99)(H,93,94)/t46-,58+,59+,60+,61+,62+,63+,64+,75+/m1/s1. The SMILES string of the molecule is C[C@H]1NC(=O)[C@H](CCCCN)NC(=O)CCSCc2cccc(c2)CSCCNC(=O)[C@@H]2CCCN2C(=O)[C@H](Cc2ccc(O)cc2)NC(=O)[C@H](C[C@@]2(C3CCCCCCC3)CNCN2)NC(=O)[C@H](CC(=O)O)NC(=O)[C@H](Cc2c[nH]c3ccc(F)cc23)NC(=O)[C@H](Cc2ccccc2CN)NC1=O. The second-order valence-electron chi connectivity index (χ2n) is 27.6. The van der Waals surface area contributed by atoms with Gasteiger partial charge in [-0.25, -0.2) is 4.39 Å². The number of halogens is 1. The number of carbonyl (C=O) groups is 10. The van der Waals surface area contributed by atoms with E-state index in [1.807, 2.05) is 18.2 Å². The fourth-order valence-electron chi connectivity index (χ4n) is 14.4. The average Bonchev–Trinajstić information content (AvgIpc) is 1.57. The van der Waals surface area contributed by atoms with E-state index in [0.717, 1.165) is 56.1 Å². The number of thioether (sulfide) groups is 2. The van der Waals surface area contributed by atoms with Crippen LogP contribution in [0, 0.1) is 11.7 Å². The number of fused-ring (bicyclic) bond motifs is 4. The van der Waals surface area contributed by atoms with E-state index >= 15 is 28.4 Å². The summed E-state index contributed by atoms with van der Waals surface area (Å²) in [5, 5.41) is 50.7. The largest absolute Gasteiger partial charge is 0.508 e. The van der Waals surface area contributed by atoms with Crippen LogP contribution in [0.2, 0.25) is 0 Å². The zero-order chi connectivity index (χ0) is 74.1. The Morgan fingerprint density at radius 3 is 1.95 bits per heavy atom. The van der Waals surface area contributed by atoms with Crippen molar-refractivity contribution in [2.24, 2.45) is 17.4 Å². The number of rotatable bonds is 16. The maximum atomic E-state index is 15.7. The summed E-state index contributed by atoms with van der Waals surface area (Å²) in [5.41, 5.74) is 15.7. The lowest BCUT2D eigenvalue weighted by atomic mass is 9.73. The molecule has 4 aromatic carbocycles. The number of nitrogens with zero attached hydrogens (tertiary/aromatic N) is 1. The molecule has 1 aliphatic carbocycles. The lowest BCUT2D eigenvalue weighted by Gasteiger charge is -2.41. The zero-order valence-electron chi connectivity index (χ0n) is 59.0. The van der Waals surface area contributed by atoms with E-state index in [1.54, 1.807) is 59.9 Å². The van der Waals surface area contributed by atoms with Crippen molar-refractivity contribution in [1.82, 2.24) is 63.1 Å². The van der Waals surface area contributed by atoms with Gasteiger partial charge in [-0.1, -0.05) is 92.8 Å². The molecule has 562 valence electrons. The number of hydrogen-bond donors (Lipinski definition) is 15. The maximum Gasteiger partial charge on any atom is 0.305 e. The minimum Gasteiger partial charge on any atom is -0.508 e. The van der Waals surface area contributed by atoms with Crippen molar-refractivity contribution in [3.05, 3.63) is 136 Å². The molecule has 9 amide bonds. The topological polar surface area (TPSA) is 403 Å². The van der Waals surface area contributed by atoms with Gasteiger partial charge in [0, 0.05) is 104 Å². The van der Waals surface area contributed by atoms with E-state index in [2.05, 4.69) is 64.2 Å². The lowest BCUT2D eigenvalue weighted by Crippen LogP contribution is -2.63. The Morgan fingerprint density at radius 2 is 1.26 bits per heavy atom. The van der Waals surface area contributed by atoms with Gasteiger partial charge < -0.3 is 79.4 Å². The van der Waals surface area contributed by atoms with Gasteiger partial charge in [-0.05, 0) is 134 Å². The Hall–Kier alpha value is -8.61. The van der Waals surface area contributed by atoms with Crippen LogP contribution in [-0.2, 0) is 85.3 Å². The number of aromatic amines is 1. The van der Waals surface area contributed by atoms with Crippen LogP contribution < -0.4 is 64.6 Å². The number of H-pyrrole nitrogens is 1. The fraction of sp³-hybridized carbons (Fsp3) is 0.520. The van der Waals surface area contributed by atoms with Gasteiger partial charge in [0.05, 0.1) is 6.42 Å². The third kappa shape index (κ3) is 22.9. The molecule has 4 aliphatic rings. The van der Waals surface area contributed by atoms with Gasteiger partial charge in [-0.2, -0.15) is 23.5 Å². The highest BCUT2D eigenvalue weighted by Crippen LogP contribution is 2.36. The van der Waals surface area contributed by atoms with Crippen molar-refractivity contribution < 1.29 is 62.5 Å². The molecule has 26 nitrogen and oxygen atoms in total. The summed E-state index contributed by atoms with van der Waals surface area (Å²) in [6.45, 7) is 2.98. The van der Waals surface area contributed by atoms with Crippen LogP contribution in [0.5, 0.6) is 5.75 Å². The second-order valence-corrected chi connectivity index (χ2v) is 29.8. The number of aromatic hydroxyl groups is 1. The van der Waals surface area contributed by atoms with Crippen LogP contribution >= 0.6 is 23.5 Å². The van der Waals surface area contributed by atoms with Crippen molar-refractivity contribution in [3.63, 3.8) is 0 Å². The quantitative estimate of drug-likeness (QED) is 0.0624. The highest BCUT2D eigenvalue weighted by atomic mass is 32.2. The van der Waals surface area contributed by atoms with Crippen molar-refractivity contribution in [2.45, 2.75) is 194 Å². The molecule has 1 aromatic heterocycles. The van der Waals surface area contributed by atoms with E-state index in [9.17, 15) is 34.2 Å². The monoisotopic (exact) mass is 1470 g/mol. The minimum atomic E-state index is -1.95. The number of phenolic OH excluding ortho intramolecular Hbond substituents is 1. The van der Waals surface area contributed by atoms with E-state index in [0.29, 0.717) is 108 Å². The Kier molecular flexibility index (Phi) is 30.2. The molecule has 104 heavy (non-hydrogen) atoms. The summed E-state index contributed by atoms with van der Waals surface area (Å²) in [6.07, 6.45) is 8.23. The number of benzene rings is 4. The molecule has 4 heterocycles. The third-order valence-electron chi connectivity index (χ3n) is 20.0. The molecule has 2 bridgehead atoms. The predicted octanol–water partition coefficient (Wildman–Crippen LogP) is 3.83. The zero-order valence-corrected chi connectivity index (χ0v) is 60.6. The van der Waals surface area contributed by atoms with Crippen LogP contribution in [0.1, 0.15) is 137 Å². The molecule has 3 fully saturated rings. The number of carboxylic acid groups (broad SMARTS) is 1. The lowest BCUT2D eigenvalue weighted by molar-refractivity contribution is -0.142. The number of nitrogens with one attached hydrogen (secondary N) is 11. The molecule has 3 aliphatic heterocycles. The van der Waals surface area contributed by atoms with Crippen molar-refractivity contribution >= 4 is 93.6 Å². The first-order valence-electron chi connectivity index (χ1n) is 36.3. The number of nitrogens with two attached hydrogens (primary N) is 2. The van der Waals surface area contributed by atoms with Gasteiger partial charge in [0.1, 0.15) is 59.9 Å². The summed E-state index contributed by atoms with van der Waals surface area (Å²) in [6, 6.07) is 13.7. The first-order valence-corrected chi connectivity index (χ1v) is 38.6. The predicted molar refractivity (Wildman–Crippen MR) is 396 cm³/mol. The molecule has 9 atom stereocenters. The van der Waals surface area contributed by atoms with Gasteiger partial charge in [-0.3, -0.25) is 53.3 Å². The van der Waals surface area contributed by atoms with Crippen LogP contribution in [0.15, 0.2) is 97.2 Å². The number of amides is 9. The van der Waals surface area contributed by atoms with Gasteiger partial charge in [0.15, 0.2) is 0 Å². The summed E-state index contributed by atoms with van der Waals surface area (Å²) in [7, 11) is 0. The number of unbranched alkanes of at least 4 members (excludes halogenated alkanes) is 1. The summed E-state index contributed by atoms with van der Waals surface area (Å²) in [5.74, 6) is -6.81. The Balaban J connectivity index is 1.08. The summed E-state index contributed by atoms with van der Waals surface area (Å²) in [4.78, 5) is 151. The van der Waals surface area contributed by atoms with Gasteiger partial charge in [0.2, 0.25) is 53.2 Å². The number of aromatic nitrogens is 1. The van der Waals surface area contributed by atoms with E-state index < -0.39 is 120 Å². The normalized spacial score (nSPS) is 25.2. The number of hydrogen-bond acceptors (Lipinski definition) is 17. The fourth-order valence-corrected chi connectivity index (χ4v) is 16.1. The van der Waals surface area contributed by atoms with Crippen LogP contribution in [0.4, 0.5) is 4.39 Å². The first-order chi connectivity index (χ1) is 50.2. The van der Waals surface area contributed by atoms with Gasteiger partial charge in [-0.15, -0.1) is 0 Å². The number of phenols is 1. The molecule has 0 unspecified atom stereocenters. The third-order valence-corrected chi connectivity index (χ3v) is 22.1. The smallest absolute Gasteiger partial charge is 0.305 e. The van der Waals surface area contributed by atoms with Gasteiger partial charge >= 0.3 is 5.97 Å². The number of carbonyl (C=O) groups excluding carboxylic acids is 9. The Morgan fingerprint density at radius 1 is 0.625 bits per heavy atom. The van der Waals surface area contributed by atoms with E-state index in [1.165, 1.54) is 48.4 Å². The average molecular weight is 1470 g/mol. The second kappa shape index (κ2) is 39.5. The molecule has 0 spiro atoms. The molecular formula is C75H101FN14O12S2.